The molecule has 0 aliphatic heterocycles. The second-order valence-electron chi connectivity index (χ2n) is 7.40. The number of nitrogens with zero attached hydrogens (tertiary/aromatic N) is 2. The minimum Gasteiger partial charge on any atom is -0.508 e. The molecule has 2 aromatic carbocycles. The van der Waals surface area contributed by atoms with Crippen molar-refractivity contribution in [2.45, 2.75) is 38.9 Å². The van der Waals surface area contributed by atoms with Crippen LogP contribution in [0.1, 0.15) is 27.7 Å². The first-order valence-electron chi connectivity index (χ1n) is 8.63. The number of aliphatic hydroxyl groups is 1. The summed E-state index contributed by atoms with van der Waals surface area (Å²) in [7, 11) is 1.62. The third-order valence-corrected chi connectivity index (χ3v) is 4.67. The Morgan fingerprint density at radius 2 is 1.52 bits per heavy atom. The Bertz CT molecular complexity index is 897. The van der Waals surface area contributed by atoms with Gasteiger partial charge in [-0.05, 0) is 52.0 Å². The van der Waals surface area contributed by atoms with Gasteiger partial charge in [0.15, 0.2) is 0 Å². The fourth-order valence-corrected chi connectivity index (χ4v) is 2.13. The molecule has 1 radical (unpaired) electrons. The van der Waals surface area contributed by atoms with Crippen LogP contribution in [0.5, 0.6) is 5.75 Å². The molecule has 0 saturated carbocycles. The summed E-state index contributed by atoms with van der Waals surface area (Å²) in [6.07, 6.45) is 0. The summed E-state index contributed by atoms with van der Waals surface area (Å²) in [6, 6.07) is 14.1. The third kappa shape index (κ3) is 4.38. The van der Waals surface area contributed by atoms with Gasteiger partial charge < -0.3 is 19.4 Å². The van der Waals surface area contributed by atoms with Gasteiger partial charge in [-0.3, -0.25) is 0 Å². The lowest BCUT2D eigenvalue weighted by Gasteiger charge is -2.37. The minimum absolute atomic E-state index is 0.181. The molecule has 3 aromatic rings. The van der Waals surface area contributed by atoms with Crippen LogP contribution in [0, 0.1) is 0 Å². The molecule has 0 bridgehead atoms. The van der Waals surface area contributed by atoms with Crippen molar-refractivity contribution in [3.63, 3.8) is 0 Å². The van der Waals surface area contributed by atoms with Gasteiger partial charge >= 0.3 is 7.48 Å². The molecular weight excluding hydrogens is 343 g/mol. The predicted octanol–water partition coefficient (Wildman–Crippen LogP) is 2.92. The van der Waals surface area contributed by atoms with E-state index in [1.165, 1.54) is 0 Å². The Labute approximate surface area is 159 Å². The van der Waals surface area contributed by atoms with Crippen molar-refractivity contribution in [2.75, 3.05) is 0 Å². The molecule has 0 saturated heterocycles. The maximum Gasteiger partial charge on any atom is 0.330 e. The second kappa shape index (κ2) is 7.17. The lowest BCUT2D eigenvalue weighted by Crippen LogP contribution is -2.49. The van der Waals surface area contributed by atoms with Crippen molar-refractivity contribution in [3.05, 3.63) is 48.5 Å². The van der Waals surface area contributed by atoms with Crippen LogP contribution in [-0.2, 0) is 4.65 Å². The number of aromatic nitrogens is 2. The van der Waals surface area contributed by atoms with E-state index in [1.54, 1.807) is 45.6 Å². The first-order valence-corrected chi connectivity index (χ1v) is 8.63. The smallest absolute Gasteiger partial charge is 0.330 e. The number of phenolic OH excluding ortho intramolecular Hbond substituents is 1. The molecule has 0 amide bonds. The normalized spacial score (nSPS) is 12.2. The fraction of sp³-hybridized carbons (Fsp3) is 0.300. The van der Waals surface area contributed by atoms with E-state index < -0.39 is 11.2 Å². The molecule has 6 nitrogen and oxygen atoms in total. The van der Waals surface area contributed by atoms with Gasteiger partial charge in [-0.25, -0.2) is 0 Å². The summed E-state index contributed by atoms with van der Waals surface area (Å²) in [6.45, 7) is 7.10. The summed E-state index contributed by atoms with van der Waals surface area (Å²) >= 11 is 0. The highest BCUT2D eigenvalue weighted by Gasteiger charge is 2.35. The van der Waals surface area contributed by atoms with Gasteiger partial charge in [0.1, 0.15) is 5.75 Å². The molecule has 0 atom stereocenters. The van der Waals surface area contributed by atoms with Crippen molar-refractivity contribution in [3.8, 4) is 28.6 Å². The molecule has 7 heteroatoms. The summed E-state index contributed by atoms with van der Waals surface area (Å²) in [4.78, 5) is 4.39. The molecule has 0 aliphatic rings. The van der Waals surface area contributed by atoms with Gasteiger partial charge in [-0.15, -0.1) is 0 Å². The minimum atomic E-state index is -0.974. The summed E-state index contributed by atoms with van der Waals surface area (Å²) in [5, 5.41) is 23.5. The Kier molecular flexibility index (Phi) is 5.08. The van der Waals surface area contributed by atoms with Crippen LogP contribution >= 0.6 is 0 Å². The van der Waals surface area contributed by atoms with E-state index in [9.17, 15) is 10.2 Å². The van der Waals surface area contributed by atoms with Gasteiger partial charge in [0.05, 0.1) is 11.2 Å². The summed E-state index contributed by atoms with van der Waals surface area (Å²) in [5.74, 6) is 1.04. The maximum absolute atomic E-state index is 10.1. The molecule has 2 N–H and O–H groups in total. The first kappa shape index (κ1) is 19.1. The number of phenols is 1. The third-order valence-electron chi connectivity index (χ3n) is 4.67. The molecule has 1 heterocycles. The molecular formula is C20H22BN2O4. The van der Waals surface area contributed by atoms with Gasteiger partial charge in [0, 0.05) is 11.1 Å². The summed E-state index contributed by atoms with van der Waals surface area (Å²) in [5.41, 5.74) is 0.705. The molecule has 0 unspecified atom stereocenters. The maximum atomic E-state index is 10.1. The van der Waals surface area contributed by atoms with Crippen LogP contribution in [-0.4, -0.2) is 39.0 Å². The van der Waals surface area contributed by atoms with Crippen molar-refractivity contribution >= 4 is 12.9 Å². The molecule has 1 aromatic heterocycles. The number of benzene rings is 2. The van der Waals surface area contributed by atoms with Crippen molar-refractivity contribution in [1.82, 2.24) is 10.1 Å². The van der Waals surface area contributed by atoms with E-state index in [0.29, 0.717) is 11.7 Å². The highest BCUT2D eigenvalue weighted by molar-refractivity contribution is 6.47. The number of rotatable bonds is 6. The van der Waals surface area contributed by atoms with Gasteiger partial charge in [0.2, 0.25) is 5.82 Å². The molecule has 27 heavy (non-hydrogen) atoms. The van der Waals surface area contributed by atoms with E-state index in [4.69, 9.17) is 9.18 Å². The Balaban J connectivity index is 1.70. The SMILES string of the molecule is CC(C)(O)C(C)(C)O[B]c1ccc(-c2noc(-c3ccc(O)cc3)n2)cc1. The zero-order chi connectivity index (χ0) is 19.7. The largest absolute Gasteiger partial charge is 0.508 e. The Hall–Kier alpha value is -2.64. The van der Waals surface area contributed by atoms with Gasteiger partial charge in [-0.1, -0.05) is 34.9 Å². The molecule has 0 fully saturated rings. The number of aromatic hydroxyl groups is 1. The standard InChI is InChI=1S/C20H22BN2O4/c1-19(2,25)20(3,4)27-21-15-9-5-13(6-10-15)17-22-18(26-23-17)14-7-11-16(24)12-8-14/h5-12,24-25H,1-4H3. The molecule has 139 valence electrons. The monoisotopic (exact) mass is 365 g/mol. The molecule has 0 spiro atoms. The van der Waals surface area contributed by atoms with E-state index in [2.05, 4.69) is 10.1 Å². The van der Waals surface area contributed by atoms with Crippen LogP contribution in [0.2, 0.25) is 0 Å². The Morgan fingerprint density at radius 1 is 0.926 bits per heavy atom. The zero-order valence-corrected chi connectivity index (χ0v) is 15.8. The van der Waals surface area contributed by atoms with E-state index >= 15 is 0 Å². The average molecular weight is 365 g/mol. The van der Waals surface area contributed by atoms with Crippen LogP contribution in [0.4, 0.5) is 0 Å². The van der Waals surface area contributed by atoms with Crippen LogP contribution in [0.25, 0.3) is 22.8 Å². The molecule has 3 rings (SSSR count). The van der Waals surface area contributed by atoms with E-state index in [0.717, 1.165) is 16.6 Å². The quantitative estimate of drug-likeness (QED) is 0.653. The highest BCUT2D eigenvalue weighted by Crippen LogP contribution is 2.25. The van der Waals surface area contributed by atoms with Gasteiger partial charge in [-0.2, -0.15) is 4.98 Å². The van der Waals surface area contributed by atoms with Crippen molar-refractivity contribution in [1.29, 1.82) is 0 Å². The summed E-state index contributed by atoms with van der Waals surface area (Å²) < 4.78 is 11.1. The van der Waals surface area contributed by atoms with Gasteiger partial charge in [0.25, 0.3) is 5.89 Å². The first-order chi connectivity index (χ1) is 12.7. The van der Waals surface area contributed by atoms with E-state index in [1.807, 2.05) is 38.1 Å². The Morgan fingerprint density at radius 3 is 2.11 bits per heavy atom. The number of hydrogen-bond donors (Lipinski definition) is 2. The van der Waals surface area contributed by atoms with Crippen LogP contribution in [0.15, 0.2) is 53.1 Å². The lowest BCUT2D eigenvalue weighted by molar-refractivity contribution is -0.0893. The van der Waals surface area contributed by atoms with Crippen LogP contribution < -0.4 is 5.46 Å². The van der Waals surface area contributed by atoms with Crippen molar-refractivity contribution in [2.24, 2.45) is 0 Å². The van der Waals surface area contributed by atoms with E-state index in [-0.39, 0.29) is 5.75 Å². The van der Waals surface area contributed by atoms with Crippen molar-refractivity contribution < 1.29 is 19.4 Å². The average Bonchev–Trinajstić information content (AvgIpc) is 3.10. The molecule has 0 aliphatic carbocycles. The predicted molar refractivity (Wildman–Crippen MR) is 104 cm³/mol. The second-order valence-corrected chi connectivity index (χ2v) is 7.40. The topological polar surface area (TPSA) is 88.6 Å². The lowest BCUT2D eigenvalue weighted by atomic mass is 9.82. The fourth-order valence-electron chi connectivity index (χ4n) is 2.13. The zero-order valence-electron chi connectivity index (χ0n) is 15.8. The highest BCUT2D eigenvalue weighted by atomic mass is 16.5. The number of hydrogen-bond acceptors (Lipinski definition) is 6. The van der Waals surface area contributed by atoms with Crippen LogP contribution in [0.3, 0.4) is 0 Å².